The van der Waals surface area contributed by atoms with Gasteiger partial charge in [-0.1, -0.05) is 18.2 Å². The Balaban J connectivity index is 1.67. The molecular formula is C20H23N5O. The Bertz CT molecular complexity index is 902. The van der Waals surface area contributed by atoms with Gasteiger partial charge in [-0.3, -0.25) is 9.78 Å². The van der Waals surface area contributed by atoms with Crippen LogP contribution in [0.1, 0.15) is 27.3 Å². The van der Waals surface area contributed by atoms with E-state index in [0.29, 0.717) is 24.5 Å². The standard InChI is InChI=1S/C20H23N5O/c1-14-6-4-5-7-18(14)25-15(2)12-17(16(25)3)20(26)24-11-10-23-19-13-21-8-9-22-19/h4-9,12-13H,10-11H2,1-3H3,(H,22,23)(H,24,26). The van der Waals surface area contributed by atoms with Gasteiger partial charge in [-0.15, -0.1) is 0 Å². The summed E-state index contributed by atoms with van der Waals surface area (Å²) in [5.41, 5.74) is 4.96. The SMILES string of the molecule is Cc1ccccc1-n1c(C)cc(C(=O)NCCNc2cnccn2)c1C. The molecule has 0 saturated heterocycles. The van der Waals surface area contributed by atoms with Crippen LogP contribution in [0.25, 0.3) is 5.69 Å². The molecule has 0 bridgehead atoms. The lowest BCUT2D eigenvalue weighted by Crippen LogP contribution is -2.29. The monoisotopic (exact) mass is 349 g/mol. The van der Waals surface area contributed by atoms with Gasteiger partial charge in [-0.25, -0.2) is 4.98 Å². The van der Waals surface area contributed by atoms with E-state index in [4.69, 9.17) is 0 Å². The van der Waals surface area contributed by atoms with Crippen LogP contribution in [0.2, 0.25) is 0 Å². The van der Waals surface area contributed by atoms with E-state index in [1.165, 1.54) is 5.56 Å². The summed E-state index contributed by atoms with van der Waals surface area (Å²) < 4.78 is 2.13. The van der Waals surface area contributed by atoms with Gasteiger partial charge in [0.1, 0.15) is 5.82 Å². The van der Waals surface area contributed by atoms with E-state index in [1.807, 2.05) is 32.0 Å². The van der Waals surface area contributed by atoms with Gasteiger partial charge in [0.15, 0.2) is 0 Å². The summed E-state index contributed by atoms with van der Waals surface area (Å²) in [6.07, 6.45) is 4.90. The first-order valence-electron chi connectivity index (χ1n) is 8.61. The zero-order chi connectivity index (χ0) is 18.5. The quantitative estimate of drug-likeness (QED) is 0.671. The van der Waals surface area contributed by atoms with Crippen LogP contribution in [0.5, 0.6) is 0 Å². The molecule has 2 N–H and O–H groups in total. The summed E-state index contributed by atoms with van der Waals surface area (Å²) in [4.78, 5) is 20.7. The fourth-order valence-electron chi connectivity index (χ4n) is 3.03. The third-order valence-corrected chi connectivity index (χ3v) is 4.31. The number of hydrogen-bond acceptors (Lipinski definition) is 4. The van der Waals surface area contributed by atoms with Gasteiger partial charge in [-0.05, 0) is 38.5 Å². The minimum Gasteiger partial charge on any atom is -0.367 e. The number of anilines is 1. The molecule has 0 aliphatic carbocycles. The number of nitrogens with one attached hydrogen (secondary N) is 2. The van der Waals surface area contributed by atoms with Crippen molar-refractivity contribution in [3.05, 3.63) is 71.4 Å². The number of amides is 1. The number of nitrogens with zero attached hydrogens (tertiary/aromatic N) is 3. The number of carbonyl (C=O) groups is 1. The molecule has 134 valence electrons. The maximum atomic E-state index is 12.6. The Hall–Kier alpha value is -3.15. The predicted molar refractivity (Wildman–Crippen MR) is 103 cm³/mol. The molecule has 26 heavy (non-hydrogen) atoms. The molecule has 3 rings (SSSR count). The second-order valence-electron chi connectivity index (χ2n) is 6.18. The fraction of sp³-hybridized carbons (Fsp3) is 0.250. The first-order valence-corrected chi connectivity index (χ1v) is 8.61. The zero-order valence-electron chi connectivity index (χ0n) is 15.3. The second-order valence-corrected chi connectivity index (χ2v) is 6.18. The van der Waals surface area contributed by atoms with Crippen molar-refractivity contribution in [2.75, 3.05) is 18.4 Å². The van der Waals surface area contributed by atoms with Gasteiger partial charge in [0.2, 0.25) is 0 Å². The van der Waals surface area contributed by atoms with Gasteiger partial charge in [0, 0.05) is 42.6 Å². The number of benzene rings is 1. The highest BCUT2D eigenvalue weighted by Crippen LogP contribution is 2.23. The molecule has 0 aliphatic rings. The third kappa shape index (κ3) is 3.74. The highest BCUT2D eigenvalue weighted by molar-refractivity contribution is 5.96. The van der Waals surface area contributed by atoms with Crippen molar-refractivity contribution in [2.45, 2.75) is 20.8 Å². The van der Waals surface area contributed by atoms with E-state index in [2.05, 4.69) is 44.2 Å². The molecule has 0 saturated carbocycles. The Labute approximate surface area is 153 Å². The van der Waals surface area contributed by atoms with E-state index in [-0.39, 0.29) is 5.91 Å². The van der Waals surface area contributed by atoms with Crippen LogP contribution < -0.4 is 10.6 Å². The minimum absolute atomic E-state index is 0.0705. The molecule has 6 heteroatoms. The van der Waals surface area contributed by atoms with Crippen molar-refractivity contribution in [3.63, 3.8) is 0 Å². The van der Waals surface area contributed by atoms with Crippen LogP contribution in [-0.2, 0) is 0 Å². The average molecular weight is 349 g/mol. The highest BCUT2D eigenvalue weighted by atomic mass is 16.1. The average Bonchev–Trinajstić information content (AvgIpc) is 2.94. The van der Waals surface area contributed by atoms with Crippen molar-refractivity contribution < 1.29 is 4.79 Å². The number of aryl methyl sites for hydroxylation is 2. The first kappa shape index (κ1) is 17.7. The highest BCUT2D eigenvalue weighted by Gasteiger charge is 2.17. The van der Waals surface area contributed by atoms with Crippen LogP contribution >= 0.6 is 0 Å². The van der Waals surface area contributed by atoms with Crippen LogP contribution in [-0.4, -0.2) is 33.5 Å². The topological polar surface area (TPSA) is 71.8 Å². The molecule has 1 aromatic carbocycles. The van der Waals surface area contributed by atoms with Gasteiger partial charge >= 0.3 is 0 Å². The van der Waals surface area contributed by atoms with E-state index >= 15 is 0 Å². The minimum atomic E-state index is -0.0705. The van der Waals surface area contributed by atoms with E-state index in [9.17, 15) is 4.79 Å². The lowest BCUT2D eigenvalue weighted by atomic mass is 10.2. The van der Waals surface area contributed by atoms with Crippen LogP contribution in [0.3, 0.4) is 0 Å². The number of aromatic nitrogens is 3. The van der Waals surface area contributed by atoms with E-state index in [0.717, 1.165) is 17.1 Å². The summed E-state index contributed by atoms with van der Waals surface area (Å²) in [5.74, 6) is 0.623. The molecule has 6 nitrogen and oxygen atoms in total. The summed E-state index contributed by atoms with van der Waals surface area (Å²) in [7, 11) is 0. The van der Waals surface area contributed by atoms with Gasteiger partial charge in [0.05, 0.1) is 11.8 Å². The largest absolute Gasteiger partial charge is 0.367 e. The molecular weight excluding hydrogens is 326 g/mol. The maximum absolute atomic E-state index is 12.6. The summed E-state index contributed by atoms with van der Waals surface area (Å²) in [6.45, 7) is 7.16. The number of para-hydroxylation sites is 1. The second kappa shape index (κ2) is 7.82. The van der Waals surface area contributed by atoms with Crippen LogP contribution in [0.15, 0.2) is 48.9 Å². The van der Waals surface area contributed by atoms with Crippen LogP contribution in [0, 0.1) is 20.8 Å². The van der Waals surface area contributed by atoms with Crippen molar-refractivity contribution in [1.29, 1.82) is 0 Å². The molecule has 2 heterocycles. The molecule has 0 unspecified atom stereocenters. The molecule has 0 atom stereocenters. The zero-order valence-corrected chi connectivity index (χ0v) is 15.3. The summed E-state index contributed by atoms with van der Waals surface area (Å²) >= 11 is 0. The van der Waals surface area contributed by atoms with Gasteiger partial charge in [-0.2, -0.15) is 0 Å². The number of hydrogen-bond donors (Lipinski definition) is 2. The van der Waals surface area contributed by atoms with Crippen molar-refractivity contribution in [1.82, 2.24) is 19.9 Å². The van der Waals surface area contributed by atoms with Crippen molar-refractivity contribution in [3.8, 4) is 5.69 Å². The molecule has 0 spiro atoms. The molecule has 0 radical (unpaired) electrons. The third-order valence-electron chi connectivity index (χ3n) is 4.31. The molecule has 1 amide bonds. The van der Waals surface area contributed by atoms with Crippen LogP contribution in [0.4, 0.5) is 5.82 Å². The summed E-state index contributed by atoms with van der Waals surface area (Å²) in [6, 6.07) is 10.1. The first-order chi connectivity index (χ1) is 12.6. The molecule has 0 fully saturated rings. The molecule has 0 aliphatic heterocycles. The number of carbonyl (C=O) groups excluding carboxylic acids is 1. The van der Waals surface area contributed by atoms with Gasteiger partial charge < -0.3 is 15.2 Å². The maximum Gasteiger partial charge on any atom is 0.253 e. The van der Waals surface area contributed by atoms with E-state index in [1.54, 1.807) is 18.6 Å². The van der Waals surface area contributed by atoms with Crippen molar-refractivity contribution >= 4 is 11.7 Å². The normalized spacial score (nSPS) is 10.6. The lowest BCUT2D eigenvalue weighted by molar-refractivity contribution is 0.0954. The number of rotatable bonds is 6. The molecule has 2 aromatic heterocycles. The summed E-state index contributed by atoms with van der Waals surface area (Å²) in [5, 5.41) is 6.08. The Morgan fingerprint density at radius 1 is 1.12 bits per heavy atom. The fourth-order valence-corrected chi connectivity index (χ4v) is 3.03. The Morgan fingerprint density at radius 2 is 1.92 bits per heavy atom. The molecule has 3 aromatic rings. The van der Waals surface area contributed by atoms with Gasteiger partial charge in [0.25, 0.3) is 5.91 Å². The lowest BCUT2D eigenvalue weighted by Gasteiger charge is -2.13. The Morgan fingerprint density at radius 3 is 2.65 bits per heavy atom. The predicted octanol–water partition coefficient (Wildman–Crippen LogP) is 3.03. The smallest absolute Gasteiger partial charge is 0.253 e. The van der Waals surface area contributed by atoms with Crippen molar-refractivity contribution in [2.24, 2.45) is 0 Å². The Kier molecular flexibility index (Phi) is 5.31. The van der Waals surface area contributed by atoms with E-state index < -0.39 is 0 Å².